The Hall–Kier alpha value is -1.58. The number of rotatable bonds is 3. The third-order valence-corrected chi connectivity index (χ3v) is 4.07. The highest BCUT2D eigenvalue weighted by Crippen LogP contribution is 2.29. The number of aliphatic hydroxyl groups excluding tert-OH is 1. The number of fused-ring (bicyclic) bond motifs is 1. The monoisotopic (exact) mass is 271 g/mol. The van der Waals surface area contributed by atoms with Crippen LogP contribution in [0, 0.1) is 0 Å². The highest BCUT2D eigenvalue weighted by atomic mass is 16.5. The minimum absolute atomic E-state index is 0.173. The van der Waals surface area contributed by atoms with Crippen LogP contribution in [0.15, 0.2) is 36.4 Å². The van der Waals surface area contributed by atoms with Gasteiger partial charge in [0, 0.05) is 18.5 Å². The Labute approximate surface area is 119 Å². The van der Waals surface area contributed by atoms with Gasteiger partial charge in [-0.15, -0.1) is 0 Å². The second-order valence-electron chi connectivity index (χ2n) is 5.50. The van der Waals surface area contributed by atoms with E-state index in [0.717, 1.165) is 43.6 Å². The van der Waals surface area contributed by atoms with Gasteiger partial charge in [-0.1, -0.05) is 30.3 Å². The third kappa shape index (κ3) is 2.65. The number of aliphatic hydroxyl groups is 1. The summed E-state index contributed by atoms with van der Waals surface area (Å²) in [4.78, 5) is 2.34. The average molecular weight is 271 g/mol. The van der Waals surface area contributed by atoms with Crippen LogP contribution in [0.4, 0.5) is 0 Å². The molecule has 0 aromatic heterocycles. The van der Waals surface area contributed by atoms with Gasteiger partial charge in [-0.3, -0.25) is 4.90 Å². The molecular formula is C17H21NO2. The number of methoxy groups -OCH3 is 1. The molecule has 1 aliphatic rings. The van der Waals surface area contributed by atoms with E-state index in [1.165, 1.54) is 10.9 Å². The van der Waals surface area contributed by atoms with E-state index in [0.29, 0.717) is 0 Å². The number of hydrogen-bond acceptors (Lipinski definition) is 3. The number of piperidine rings is 1. The van der Waals surface area contributed by atoms with Gasteiger partial charge >= 0.3 is 0 Å². The summed E-state index contributed by atoms with van der Waals surface area (Å²) in [5, 5.41) is 12.2. The van der Waals surface area contributed by atoms with Crippen molar-refractivity contribution in [1.82, 2.24) is 4.90 Å². The Morgan fingerprint density at radius 2 is 2.00 bits per heavy atom. The normalized spacial score (nSPS) is 20.2. The van der Waals surface area contributed by atoms with Gasteiger partial charge in [0.1, 0.15) is 5.75 Å². The molecule has 0 radical (unpaired) electrons. The van der Waals surface area contributed by atoms with Crippen molar-refractivity contribution < 1.29 is 9.84 Å². The molecule has 106 valence electrons. The van der Waals surface area contributed by atoms with Crippen LogP contribution in [0.2, 0.25) is 0 Å². The predicted octanol–water partition coefficient (Wildman–Crippen LogP) is 2.81. The molecule has 2 aromatic rings. The highest BCUT2D eigenvalue weighted by molar-refractivity contribution is 5.91. The second kappa shape index (κ2) is 5.81. The summed E-state index contributed by atoms with van der Waals surface area (Å²) in [5.74, 6) is 0.919. The Bertz CT molecular complexity index is 597. The van der Waals surface area contributed by atoms with E-state index < -0.39 is 0 Å². The lowest BCUT2D eigenvalue weighted by molar-refractivity contribution is 0.0670. The molecule has 1 heterocycles. The fourth-order valence-corrected chi connectivity index (χ4v) is 3.07. The van der Waals surface area contributed by atoms with Crippen molar-refractivity contribution in [2.75, 3.05) is 20.2 Å². The molecule has 0 amide bonds. The van der Waals surface area contributed by atoms with E-state index in [1.54, 1.807) is 7.11 Å². The van der Waals surface area contributed by atoms with Gasteiger partial charge in [0.25, 0.3) is 0 Å². The summed E-state index contributed by atoms with van der Waals surface area (Å²) in [6.45, 7) is 2.74. The largest absolute Gasteiger partial charge is 0.496 e. The topological polar surface area (TPSA) is 32.7 Å². The van der Waals surface area contributed by atoms with Crippen LogP contribution in [0.5, 0.6) is 5.75 Å². The summed E-state index contributed by atoms with van der Waals surface area (Å²) in [6.07, 6.45) is 1.84. The van der Waals surface area contributed by atoms with Gasteiger partial charge in [-0.2, -0.15) is 0 Å². The summed E-state index contributed by atoms with van der Waals surface area (Å²) in [5.41, 5.74) is 1.30. The summed E-state index contributed by atoms with van der Waals surface area (Å²) >= 11 is 0. The molecule has 0 bridgehead atoms. The van der Waals surface area contributed by atoms with Crippen LogP contribution in [-0.4, -0.2) is 36.3 Å². The number of ether oxygens (including phenoxy) is 1. The van der Waals surface area contributed by atoms with Gasteiger partial charge < -0.3 is 9.84 Å². The van der Waals surface area contributed by atoms with Gasteiger partial charge in [0.2, 0.25) is 0 Å². The van der Waals surface area contributed by atoms with E-state index in [1.807, 2.05) is 12.1 Å². The van der Waals surface area contributed by atoms with Crippen LogP contribution >= 0.6 is 0 Å². The zero-order valence-corrected chi connectivity index (χ0v) is 11.9. The Balaban J connectivity index is 1.92. The van der Waals surface area contributed by atoms with E-state index >= 15 is 0 Å². The van der Waals surface area contributed by atoms with Gasteiger partial charge in [0.05, 0.1) is 13.2 Å². The highest BCUT2D eigenvalue weighted by Gasteiger charge is 2.18. The first kappa shape index (κ1) is 13.4. The molecule has 2 aromatic carbocycles. The SMILES string of the molecule is COc1ccc(CN2CCCC(O)C2)c2ccccc12. The summed E-state index contributed by atoms with van der Waals surface area (Å²) in [6, 6.07) is 12.5. The molecule has 1 fully saturated rings. The van der Waals surface area contributed by atoms with Crippen LogP contribution in [0.25, 0.3) is 10.8 Å². The molecular weight excluding hydrogens is 250 g/mol. The molecule has 3 nitrogen and oxygen atoms in total. The second-order valence-corrected chi connectivity index (χ2v) is 5.50. The van der Waals surface area contributed by atoms with Crippen LogP contribution in [0.3, 0.4) is 0 Å². The Kier molecular flexibility index (Phi) is 3.90. The lowest BCUT2D eigenvalue weighted by Gasteiger charge is -2.30. The lowest BCUT2D eigenvalue weighted by atomic mass is 10.0. The fraction of sp³-hybridized carbons (Fsp3) is 0.412. The van der Waals surface area contributed by atoms with E-state index in [2.05, 4.69) is 29.2 Å². The zero-order chi connectivity index (χ0) is 13.9. The number of nitrogens with zero attached hydrogens (tertiary/aromatic N) is 1. The van der Waals surface area contributed by atoms with Gasteiger partial charge in [0.15, 0.2) is 0 Å². The van der Waals surface area contributed by atoms with Crippen LogP contribution in [-0.2, 0) is 6.54 Å². The first-order chi connectivity index (χ1) is 9.78. The maximum absolute atomic E-state index is 9.79. The third-order valence-electron chi connectivity index (χ3n) is 4.07. The van der Waals surface area contributed by atoms with Crippen molar-refractivity contribution >= 4 is 10.8 Å². The number of hydrogen-bond donors (Lipinski definition) is 1. The number of benzene rings is 2. The molecule has 1 saturated heterocycles. The molecule has 3 rings (SSSR count). The summed E-state index contributed by atoms with van der Waals surface area (Å²) in [7, 11) is 1.71. The minimum Gasteiger partial charge on any atom is -0.496 e. The van der Waals surface area contributed by atoms with Crippen molar-refractivity contribution in [3.05, 3.63) is 42.0 Å². The van der Waals surface area contributed by atoms with Crippen molar-refractivity contribution in [1.29, 1.82) is 0 Å². The van der Waals surface area contributed by atoms with E-state index in [-0.39, 0.29) is 6.10 Å². The average Bonchev–Trinajstić information content (AvgIpc) is 2.48. The minimum atomic E-state index is -0.173. The molecule has 1 atom stereocenters. The standard InChI is InChI=1S/C17H21NO2/c1-20-17-9-8-13(15-6-2-3-7-16(15)17)11-18-10-4-5-14(19)12-18/h2-3,6-9,14,19H,4-5,10-12H2,1H3. The molecule has 1 N–H and O–H groups in total. The molecule has 0 aliphatic carbocycles. The van der Waals surface area contributed by atoms with Crippen LogP contribution in [0.1, 0.15) is 18.4 Å². The molecule has 0 saturated carbocycles. The maximum Gasteiger partial charge on any atom is 0.126 e. The summed E-state index contributed by atoms with van der Waals surface area (Å²) < 4.78 is 5.44. The van der Waals surface area contributed by atoms with Crippen molar-refractivity contribution in [3.63, 3.8) is 0 Å². The number of β-amino-alcohol motifs (C(OH)–C–C–N with tert-alkyl or cyclic N) is 1. The maximum atomic E-state index is 9.79. The van der Waals surface area contributed by atoms with Crippen molar-refractivity contribution in [2.45, 2.75) is 25.5 Å². The molecule has 1 unspecified atom stereocenters. The zero-order valence-electron chi connectivity index (χ0n) is 11.9. The first-order valence-corrected chi connectivity index (χ1v) is 7.23. The molecule has 1 aliphatic heterocycles. The molecule has 20 heavy (non-hydrogen) atoms. The van der Waals surface area contributed by atoms with E-state index in [4.69, 9.17) is 4.74 Å². The fourth-order valence-electron chi connectivity index (χ4n) is 3.07. The van der Waals surface area contributed by atoms with E-state index in [9.17, 15) is 5.11 Å². The quantitative estimate of drug-likeness (QED) is 0.931. The van der Waals surface area contributed by atoms with Gasteiger partial charge in [-0.05, 0) is 36.4 Å². The first-order valence-electron chi connectivity index (χ1n) is 7.23. The lowest BCUT2D eigenvalue weighted by Crippen LogP contribution is -2.37. The Morgan fingerprint density at radius 3 is 2.75 bits per heavy atom. The Morgan fingerprint density at radius 1 is 1.20 bits per heavy atom. The van der Waals surface area contributed by atoms with Crippen molar-refractivity contribution in [3.8, 4) is 5.75 Å². The smallest absolute Gasteiger partial charge is 0.126 e. The number of likely N-dealkylation sites (tertiary alicyclic amines) is 1. The molecule has 3 heteroatoms. The van der Waals surface area contributed by atoms with Gasteiger partial charge in [-0.25, -0.2) is 0 Å². The van der Waals surface area contributed by atoms with Crippen LogP contribution < -0.4 is 4.74 Å². The predicted molar refractivity (Wildman–Crippen MR) is 81.0 cm³/mol. The van der Waals surface area contributed by atoms with Crippen molar-refractivity contribution in [2.24, 2.45) is 0 Å². The molecule has 0 spiro atoms.